The van der Waals surface area contributed by atoms with Gasteiger partial charge in [-0.05, 0) is 128 Å². The first-order valence-electron chi connectivity index (χ1n) is 31.3. The molecule has 0 saturated carbocycles. The highest BCUT2D eigenvalue weighted by Crippen LogP contribution is 2.14. The molecule has 2 unspecified atom stereocenters. The number of hydrogen-bond acceptors (Lipinski definition) is 8. The number of nitrogens with zero attached hydrogens (tertiary/aromatic N) is 1. The van der Waals surface area contributed by atoms with Gasteiger partial charge >= 0.3 is 11.9 Å². The minimum absolute atomic E-state index is 0.131. The minimum Gasteiger partial charge on any atom is -0.545 e. The third-order valence-electron chi connectivity index (χ3n) is 12.5. The molecule has 0 aromatic rings. The fourth-order valence-corrected chi connectivity index (χ4v) is 7.73. The number of hydrogen-bond donors (Lipinski definition) is 0. The van der Waals surface area contributed by atoms with Crippen molar-refractivity contribution in [2.24, 2.45) is 0 Å². The van der Waals surface area contributed by atoms with Gasteiger partial charge in [-0.3, -0.25) is 9.59 Å². The highest BCUT2D eigenvalue weighted by atomic mass is 16.7. The molecule has 454 valence electrons. The van der Waals surface area contributed by atoms with Gasteiger partial charge in [0.1, 0.15) is 13.2 Å². The van der Waals surface area contributed by atoms with Crippen molar-refractivity contribution in [3.8, 4) is 0 Å². The van der Waals surface area contributed by atoms with E-state index in [0.29, 0.717) is 23.9 Å². The Kier molecular flexibility index (Phi) is 56.7. The van der Waals surface area contributed by atoms with Crippen LogP contribution < -0.4 is 5.11 Å². The van der Waals surface area contributed by atoms with Crippen molar-refractivity contribution in [3.05, 3.63) is 170 Å². The van der Waals surface area contributed by atoms with Crippen molar-refractivity contribution in [3.63, 3.8) is 0 Å². The van der Waals surface area contributed by atoms with Crippen molar-refractivity contribution in [2.75, 3.05) is 47.5 Å². The summed E-state index contributed by atoms with van der Waals surface area (Å²) >= 11 is 0. The predicted octanol–water partition coefficient (Wildman–Crippen LogP) is 17.8. The number of carbonyl (C=O) groups is 3. The first-order chi connectivity index (χ1) is 39.6. The Labute approximate surface area is 495 Å². The van der Waals surface area contributed by atoms with Gasteiger partial charge in [-0.25, -0.2) is 0 Å². The van der Waals surface area contributed by atoms with Crippen LogP contribution in [0.1, 0.15) is 206 Å². The lowest BCUT2D eigenvalue weighted by Crippen LogP contribution is -2.44. The Morgan fingerprint density at radius 2 is 0.667 bits per heavy atom. The number of ether oxygens (including phenoxy) is 4. The van der Waals surface area contributed by atoms with Gasteiger partial charge < -0.3 is 33.3 Å². The largest absolute Gasteiger partial charge is 0.545 e. The summed E-state index contributed by atoms with van der Waals surface area (Å²) in [6.45, 7) is 4.43. The molecule has 0 fully saturated rings. The van der Waals surface area contributed by atoms with Gasteiger partial charge in [-0.15, -0.1) is 0 Å². The number of quaternary nitrogens is 1. The number of allylic oxidation sites excluding steroid dienone is 28. The molecule has 0 heterocycles. The molecule has 0 saturated heterocycles. The van der Waals surface area contributed by atoms with Gasteiger partial charge in [-0.1, -0.05) is 235 Å². The van der Waals surface area contributed by atoms with E-state index >= 15 is 0 Å². The van der Waals surface area contributed by atoms with Crippen LogP contribution in [0.4, 0.5) is 0 Å². The summed E-state index contributed by atoms with van der Waals surface area (Å²) in [7, 11) is 5.89. The van der Waals surface area contributed by atoms with Crippen molar-refractivity contribution < 1.29 is 42.9 Å². The highest BCUT2D eigenvalue weighted by molar-refractivity contribution is 5.70. The molecule has 9 nitrogen and oxygen atoms in total. The standard InChI is InChI=1S/C72H113NO8/c1-6-8-10-12-14-16-18-20-22-23-24-25-26-27-28-29-30-31-32-33-34-35-36-37-38-39-40-41-42-43-44-45-46-47-49-51-53-55-57-59-61-63-70(75)81-68(67-80-72(71(76)77)78-65-64-73(3,4)5)66-79-69(74)62-60-58-56-54-52-50-48-21-19-17-15-13-11-9-7-2/h8-11,14-17,20-22,24-25,27-28,30-31,33-34,36-37,39-40,42-43,48,52,54,68,72H,6-7,12-13,18-19,23,26,29,32,35,38,41,44-47,49-51,53,55-67H2,1-5H3/b10-8-,11-9-,16-14-,17-15-,22-20-,25-24-,28-27-,31-30-,34-33-,37-36-,40-39-,43-42-,48-21-,54-52-. The van der Waals surface area contributed by atoms with E-state index in [1.807, 2.05) is 21.1 Å². The zero-order valence-corrected chi connectivity index (χ0v) is 51.6. The van der Waals surface area contributed by atoms with Crippen LogP contribution in [-0.2, 0) is 33.3 Å². The maximum atomic E-state index is 12.9. The van der Waals surface area contributed by atoms with E-state index in [1.54, 1.807) is 0 Å². The summed E-state index contributed by atoms with van der Waals surface area (Å²) in [4.78, 5) is 37.3. The summed E-state index contributed by atoms with van der Waals surface area (Å²) in [5.74, 6) is -2.37. The summed E-state index contributed by atoms with van der Waals surface area (Å²) in [5.41, 5.74) is 0. The summed E-state index contributed by atoms with van der Waals surface area (Å²) in [5, 5.41) is 11.8. The second-order valence-corrected chi connectivity index (χ2v) is 21.2. The van der Waals surface area contributed by atoms with Crippen LogP contribution in [-0.4, -0.2) is 82.3 Å². The second-order valence-electron chi connectivity index (χ2n) is 21.2. The van der Waals surface area contributed by atoms with Crippen molar-refractivity contribution >= 4 is 17.9 Å². The van der Waals surface area contributed by atoms with Gasteiger partial charge in [0.25, 0.3) is 0 Å². The van der Waals surface area contributed by atoms with Crippen LogP contribution in [0.5, 0.6) is 0 Å². The average molecular weight is 1120 g/mol. The summed E-state index contributed by atoms with van der Waals surface area (Å²) in [6.07, 6.45) is 88.6. The first-order valence-corrected chi connectivity index (χ1v) is 31.3. The Morgan fingerprint density at radius 1 is 0.370 bits per heavy atom. The Hall–Kier alpha value is -5.35. The lowest BCUT2D eigenvalue weighted by atomic mass is 10.0. The van der Waals surface area contributed by atoms with Gasteiger partial charge in [0.15, 0.2) is 12.4 Å². The molecule has 0 spiro atoms. The SMILES string of the molecule is CC/C=C\C/C=C\C/C=C\C/C=C\C/C=C\C/C=C\C/C=C\C/C=C\C/C=C\C/C=C\CCCCCCCCCCCCC(=O)OC(COC(=O)CCCC/C=C\C/C=C\C/C=C\C/C=C\CC)COC(OCC[N+](C)(C)C)C(=O)[O-]. The first kappa shape index (κ1) is 75.7. The second kappa shape index (κ2) is 60.7. The molecule has 81 heavy (non-hydrogen) atoms. The fraction of sp³-hybridized carbons (Fsp3) is 0.569. The number of esters is 2. The summed E-state index contributed by atoms with van der Waals surface area (Å²) < 4.78 is 22.6. The normalized spacial score (nSPS) is 13.9. The maximum absolute atomic E-state index is 12.9. The van der Waals surface area contributed by atoms with Crippen LogP contribution in [0.2, 0.25) is 0 Å². The molecule has 2 atom stereocenters. The maximum Gasteiger partial charge on any atom is 0.306 e. The van der Waals surface area contributed by atoms with Gasteiger partial charge in [0.2, 0.25) is 0 Å². The number of unbranched alkanes of at least 4 members (excludes halogenated alkanes) is 12. The van der Waals surface area contributed by atoms with Gasteiger partial charge in [0.05, 0.1) is 40.3 Å². The number of carboxylic acids is 1. The average Bonchev–Trinajstić information content (AvgIpc) is 3.44. The fourth-order valence-electron chi connectivity index (χ4n) is 7.73. The van der Waals surface area contributed by atoms with E-state index in [1.165, 1.54) is 38.5 Å². The van der Waals surface area contributed by atoms with Gasteiger partial charge in [0, 0.05) is 12.8 Å². The number of carboxylic acid groups (broad SMARTS) is 1. The number of carbonyl (C=O) groups excluding carboxylic acids is 3. The molecule has 0 N–H and O–H groups in total. The molecule has 0 aliphatic rings. The van der Waals surface area contributed by atoms with E-state index in [0.717, 1.165) is 128 Å². The zero-order chi connectivity index (χ0) is 59.1. The molecule has 9 heteroatoms. The van der Waals surface area contributed by atoms with Gasteiger partial charge in [-0.2, -0.15) is 0 Å². The van der Waals surface area contributed by atoms with E-state index in [9.17, 15) is 19.5 Å². The van der Waals surface area contributed by atoms with Crippen LogP contribution in [0.3, 0.4) is 0 Å². The quantitative estimate of drug-likeness (QED) is 0.0195. The molecule has 0 rings (SSSR count). The molecule has 0 bridgehead atoms. The lowest BCUT2D eigenvalue weighted by molar-refractivity contribution is -0.870. The van der Waals surface area contributed by atoms with E-state index in [-0.39, 0.29) is 32.7 Å². The third-order valence-corrected chi connectivity index (χ3v) is 12.5. The van der Waals surface area contributed by atoms with E-state index in [4.69, 9.17) is 18.9 Å². The molecule has 0 aliphatic carbocycles. The smallest absolute Gasteiger partial charge is 0.306 e. The van der Waals surface area contributed by atoms with E-state index in [2.05, 4.69) is 184 Å². The summed E-state index contributed by atoms with van der Waals surface area (Å²) in [6, 6.07) is 0. The Bertz CT molecular complexity index is 1930. The zero-order valence-electron chi connectivity index (χ0n) is 51.6. The molecule has 0 aromatic carbocycles. The number of aliphatic carboxylic acids is 1. The Morgan fingerprint density at radius 3 is 1.01 bits per heavy atom. The predicted molar refractivity (Wildman–Crippen MR) is 342 cm³/mol. The minimum atomic E-state index is -1.64. The highest BCUT2D eigenvalue weighted by Gasteiger charge is 2.22. The molecular formula is C72H113NO8. The van der Waals surface area contributed by atoms with Crippen molar-refractivity contribution in [2.45, 2.75) is 219 Å². The molecule has 0 aromatic heterocycles. The lowest BCUT2D eigenvalue weighted by Gasteiger charge is -2.26. The molecule has 0 amide bonds. The Balaban J connectivity index is 4.18. The monoisotopic (exact) mass is 1120 g/mol. The van der Waals surface area contributed by atoms with Crippen LogP contribution in [0.15, 0.2) is 170 Å². The van der Waals surface area contributed by atoms with Crippen LogP contribution >= 0.6 is 0 Å². The third kappa shape index (κ3) is 62.1. The molecule has 0 aliphatic heterocycles. The topological polar surface area (TPSA) is 111 Å². The number of rotatable bonds is 55. The van der Waals surface area contributed by atoms with Crippen LogP contribution in [0.25, 0.3) is 0 Å². The molecular weight excluding hydrogens is 1010 g/mol. The van der Waals surface area contributed by atoms with E-state index < -0.39 is 30.3 Å². The van der Waals surface area contributed by atoms with Crippen molar-refractivity contribution in [1.29, 1.82) is 0 Å². The van der Waals surface area contributed by atoms with Crippen LogP contribution in [0, 0.1) is 0 Å². The van der Waals surface area contributed by atoms with Crippen molar-refractivity contribution in [1.82, 2.24) is 0 Å². The molecule has 0 radical (unpaired) electrons. The number of likely N-dealkylation sites (N-methyl/N-ethyl adjacent to an activating group) is 1.